The van der Waals surface area contributed by atoms with Crippen molar-refractivity contribution in [2.24, 2.45) is 11.3 Å². The molecule has 3 saturated heterocycles. The molecule has 12 heteroatoms. The number of carboxylic acid groups (broad SMARTS) is 1. The molecule has 4 N–H and O–H groups in total. The third kappa shape index (κ3) is 7.56. The third-order valence-corrected chi connectivity index (χ3v) is 8.43. The van der Waals surface area contributed by atoms with Crippen LogP contribution in [0.2, 0.25) is 0 Å². The summed E-state index contributed by atoms with van der Waals surface area (Å²) in [5.41, 5.74) is 0.188. The molecular weight excluding hydrogens is 550 g/mol. The number of carbonyl (C=O) groups is 2. The maximum atomic E-state index is 13.4. The first-order valence-electron chi connectivity index (χ1n) is 14.0. The SMILES string of the molecule is C=C1C[C@](OC)([C@H](O)C(=O)N[C@H]2OCO[C@H]3[C@@H]2O[C@H](CC(O)/C=C/C=C/C=C/C(=O)O)C(C)(C)[C@@H]3OC)O[C@H](C)[C@@H]1C. The predicted octanol–water partition coefficient (Wildman–Crippen LogP) is 1.82. The van der Waals surface area contributed by atoms with Crippen molar-refractivity contribution in [3.8, 4) is 0 Å². The zero-order valence-corrected chi connectivity index (χ0v) is 25.1. The van der Waals surface area contributed by atoms with Gasteiger partial charge in [0.1, 0.15) is 19.0 Å². The Hall–Kier alpha value is -2.42. The Morgan fingerprint density at radius 1 is 1.12 bits per heavy atom. The minimum Gasteiger partial charge on any atom is -0.478 e. The van der Waals surface area contributed by atoms with Gasteiger partial charge in [-0.1, -0.05) is 63.3 Å². The van der Waals surface area contributed by atoms with Gasteiger partial charge in [0.25, 0.3) is 5.91 Å². The summed E-state index contributed by atoms with van der Waals surface area (Å²) in [4.78, 5) is 23.9. The Kier molecular flexibility index (Phi) is 11.7. The first-order valence-corrected chi connectivity index (χ1v) is 14.0. The molecule has 0 aliphatic carbocycles. The molecule has 3 aliphatic rings. The second kappa shape index (κ2) is 14.4. The van der Waals surface area contributed by atoms with Crippen molar-refractivity contribution < 1.29 is 53.3 Å². The second-order valence-corrected chi connectivity index (χ2v) is 11.5. The van der Waals surface area contributed by atoms with Crippen LogP contribution in [-0.4, -0.2) is 103 Å². The topological polar surface area (TPSA) is 162 Å². The summed E-state index contributed by atoms with van der Waals surface area (Å²) < 4.78 is 35.4. The van der Waals surface area contributed by atoms with Crippen molar-refractivity contribution in [2.75, 3.05) is 21.0 Å². The van der Waals surface area contributed by atoms with Gasteiger partial charge in [0, 0.05) is 44.5 Å². The Morgan fingerprint density at radius 3 is 2.43 bits per heavy atom. The summed E-state index contributed by atoms with van der Waals surface area (Å²) in [7, 11) is 2.93. The first kappa shape index (κ1) is 34.1. The highest BCUT2D eigenvalue weighted by Crippen LogP contribution is 2.44. The highest BCUT2D eigenvalue weighted by Gasteiger charge is 2.57. The van der Waals surface area contributed by atoms with Crippen LogP contribution in [0.5, 0.6) is 0 Å². The third-order valence-electron chi connectivity index (χ3n) is 8.43. The number of allylic oxidation sites excluding steroid dienone is 4. The predicted molar refractivity (Wildman–Crippen MR) is 151 cm³/mol. The molecular formula is C30H45NO11. The molecule has 1 unspecified atom stereocenters. The number of aliphatic carboxylic acids is 1. The van der Waals surface area contributed by atoms with E-state index in [9.17, 15) is 19.8 Å². The van der Waals surface area contributed by atoms with Gasteiger partial charge in [-0.3, -0.25) is 4.79 Å². The highest BCUT2D eigenvalue weighted by molar-refractivity contribution is 5.82. The van der Waals surface area contributed by atoms with Crippen LogP contribution < -0.4 is 5.32 Å². The molecule has 10 atom stereocenters. The molecule has 0 saturated carbocycles. The van der Waals surface area contributed by atoms with Gasteiger partial charge < -0.3 is 49.1 Å². The van der Waals surface area contributed by atoms with E-state index in [1.54, 1.807) is 25.3 Å². The Balaban J connectivity index is 1.75. The Bertz CT molecular complexity index is 1060. The number of hydrogen-bond donors (Lipinski definition) is 4. The average Bonchev–Trinajstić information content (AvgIpc) is 2.93. The van der Waals surface area contributed by atoms with E-state index < -0.39 is 65.9 Å². The molecule has 0 aromatic heterocycles. The zero-order chi connectivity index (χ0) is 31.2. The molecule has 0 radical (unpaired) electrons. The van der Waals surface area contributed by atoms with Crippen LogP contribution in [0.1, 0.15) is 40.5 Å². The van der Waals surface area contributed by atoms with E-state index >= 15 is 0 Å². The maximum Gasteiger partial charge on any atom is 0.328 e. The molecule has 3 aliphatic heterocycles. The Labute approximate surface area is 246 Å². The van der Waals surface area contributed by atoms with Crippen molar-refractivity contribution >= 4 is 11.9 Å². The van der Waals surface area contributed by atoms with E-state index in [4.69, 9.17) is 33.5 Å². The lowest BCUT2D eigenvalue weighted by Gasteiger charge is -2.54. The molecule has 0 aromatic carbocycles. The number of fused-ring (bicyclic) bond motifs is 1. The van der Waals surface area contributed by atoms with Gasteiger partial charge in [0.05, 0.1) is 24.4 Å². The van der Waals surface area contributed by atoms with E-state index in [1.165, 1.54) is 19.3 Å². The van der Waals surface area contributed by atoms with Crippen LogP contribution in [0, 0.1) is 11.3 Å². The van der Waals surface area contributed by atoms with Crippen LogP contribution in [-0.2, 0) is 38.0 Å². The van der Waals surface area contributed by atoms with E-state index in [1.807, 2.05) is 27.7 Å². The van der Waals surface area contributed by atoms with Crippen molar-refractivity contribution in [3.05, 3.63) is 48.6 Å². The molecule has 1 amide bonds. The number of aliphatic hydroxyl groups excluding tert-OH is 2. The quantitative estimate of drug-likeness (QED) is 0.157. The van der Waals surface area contributed by atoms with Crippen LogP contribution in [0.15, 0.2) is 48.6 Å². The van der Waals surface area contributed by atoms with Crippen molar-refractivity contribution in [3.63, 3.8) is 0 Å². The molecule has 0 bridgehead atoms. The molecule has 42 heavy (non-hydrogen) atoms. The van der Waals surface area contributed by atoms with Gasteiger partial charge in [-0.05, 0) is 6.92 Å². The summed E-state index contributed by atoms with van der Waals surface area (Å²) in [6.45, 7) is 11.6. The number of ether oxygens (including phenoxy) is 6. The standard InChI is InChI=1S/C30H45NO11/c1-17-15-30(38-7,42-19(3)18(17)2)25(35)27(36)31-28-24-23(39-16-40-28)26(37-6)29(4,5)21(41-24)14-20(32)12-10-8-9-11-13-22(33)34/h8-13,18-21,23-26,28,32,35H,1,14-16H2,2-7H3,(H,31,36)(H,33,34)/b9-8+,12-10+,13-11+/t18-,19-,20?,21-,23+,24+,25-,26-,28+,30-/m1/s1. The molecule has 3 fully saturated rings. The number of aliphatic hydroxyl groups is 2. The average molecular weight is 596 g/mol. The molecule has 12 nitrogen and oxygen atoms in total. The molecule has 0 aromatic rings. The fourth-order valence-electron chi connectivity index (χ4n) is 5.69. The van der Waals surface area contributed by atoms with Crippen molar-refractivity contribution in [2.45, 2.75) is 95.3 Å². The zero-order valence-electron chi connectivity index (χ0n) is 25.1. The van der Waals surface area contributed by atoms with Gasteiger partial charge in [0.2, 0.25) is 5.79 Å². The number of carboxylic acids is 1. The number of amides is 1. The highest BCUT2D eigenvalue weighted by atomic mass is 16.7. The molecule has 236 valence electrons. The second-order valence-electron chi connectivity index (χ2n) is 11.5. The van der Waals surface area contributed by atoms with Gasteiger partial charge in [-0.25, -0.2) is 4.79 Å². The van der Waals surface area contributed by atoms with E-state index in [0.717, 1.165) is 11.6 Å². The lowest BCUT2D eigenvalue weighted by molar-refractivity contribution is -0.332. The minimum atomic E-state index is -1.70. The van der Waals surface area contributed by atoms with Gasteiger partial charge in [-0.15, -0.1) is 0 Å². The number of nitrogens with one attached hydrogen (secondary N) is 1. The summed E-state index contributed by atoms with van der Waals surface area (Å²) >= 11 is 0. The summed E-state index contributed by atoms with van der Waals surface area (Å²) in [6, 6.07) is 0. The minimum absolute atomic E-state index is 0.0278. The van der Waals surface area contributed by atoms with Crippen molar-refractivity contribution in [1.82, 2.24) is 5.32 Å². The maximum absolute atomic E-state index is 13.4. The number of rotatable bonds is 11. The fraction of sp³-hybridized carbons (Fsp3) is 0.667. The summed E-state index contributed by atoms with van der Waals surface area (Å²) in [6.07, 6.45) is 2.59. The number of hydrogen-bond acceptors (Lipinski definition) is 10. The van der Waals surface area contributed by atoms with Crippen molar-refractivity contribution in [1.29, 1.82) is 0 Å². The largest absolute Gasteiger partial charge is 0.478 e. The Morgan fingerprint density at radius 2 is 1.81 bits per heavy atom. The number of carbonyl (C=O) groups excluding carboxylic acids is 1. The normalized spacial score (nSPS) is 36.7. The van der Waals surface area contributed by atoms with Gasteiger partial charge >= 0.3 is 5.97 Å². The lowest BCUT2D eigenvalue weighted by atomic mass is 9.72. The first-order chi connectivity index (χ1) is 19.8. The van der Waals surface area contributed by atoms with E-state index in [0.29, 0.717) is 0 Å². The van der Waals surface area contributed by atoms with Gasteiger partial charge in [0.15, 0.2) is 12.3 Å². The number of methoxy groups -OCH3 is 2. The molecule has 3 heterocycles. The summed E-state index contributed by atoms with van der Waals surface area (Å²) in [5, 5.41) is 33.2. The van der Waals surface area contributed by atoms with E-state index in [-0.39, 0.29) is 31.7 Å². The van der Waals surface area contributed by atoms with Crippen LogP contribution in [0.25, 0.3) is 0 Å². The fourth-order valence-corrected chi connectivity index (χ4v) is 5.69. The van der Waals surface area contributed by atoms with E-state index in [2.05, 4.69) is 11.9 Å². The smallest absolute Gasteiger partial charge is 0.328 e. The lowest BCUT2D eigenvalue weighted by Crippen LogP contribution is -2.69. The molecule has 0 spiro atoms. The van der Waals surface area contributed by atoms with Crippen LogP contribution in [0.3, 0.4) is 0 Å². The molecule has 3 rings (SSSR count). The van der Waals surface area contributed by atoms with Gasteiger partial charge in [-0.2, -0.15) is 0 Å². The van der Waals surface area contributed by atoms with Crippen LogP contribution in [0.4, 0.5) is 0 Å². The van der Waals surface area contributed by atoms with Crippen LogP contribution >= 0.6 is 0 Å². The monoisotopic (exact) mass is 595 g/mol. The summed E-state index contributed by atoms with van der Waals surface area (Å²) in [5.74, 6) is -3.41.